The van der Waals surface area contributed by atoms with Crippen molar-refractivity contribution in [1.29, 1.82) is 0 Å². The molecule has 0 bridgehead atoms. The van der Waals surface area contributed by atoms with Crippen molar-refractivity contribution in [2.45, 2.75) is 32.2 Å². The van der Waals surface area contributed by atoms with Crippen LogP contribution in [0.1, 0.15) is 26.2 Å². The predicted molar refractivity (Wildman–Crippen MR) is 70.0 cm³/mol. The Morgan fingerprint density at radius 2 is 1.82 bits per heavy atom. The number of nitrogens with zero attached hydrogens (tertiary/aromatic N) is 1. The van der Waals surface area contributed by atoms with Crippen molar-refractivity contribution in [3.63, 3.8) is 0 Å². The first-order chi connectivity index (χ1) is 8.27. The largest absolute Gasteiger partial charge is 0.374 e. The highest BCUT2D eigenvalue weighted by atomic mass is 16.2. The normalized spacial score (nSPS) is 17.6. The quantitative estimate of drug-likeness (QED) is 0.868. The second-order valence-corrected chi connectivity index (χ2v) is 4.62. The van der Waals surface area contributed by atoms with Gasteiger partial charge in [-0.1, -0.05) is 18.2 Å². The van der Waals surface area contributed by atoms with Crippen LogP contribution < -0.4 is 5.32 Å². The molecule has 1 heterocycles. The van der Waals surface area contributed by atoms with E-state index in [-0.39, 0.29) is 11.9 Å². The van der Waals surface area contributed by atoms with Crippen molar-refractivity contribution in [3.8, 4) is 0 Å². The van der Waals surface area contributed by atoms with Gasteiger partial charge in [-0.25, -0.2) is 0 Å². The van der Waals surface area contributed by atoms with Crippen LogP contribution in [0.25, 0.3) is 0 Å². The molecule has 0 spiro atoms. The SMILES string of the molecule is C[C@H](Nc1ccccc1)C(=O)N1CCCCC1. The van der Waals surface area contributed by atoms with E-state index in [1.165, 1.54) is 6.42 Å². The number of likely N-dealkylation sites (tertiary alicyclic amines) is 1. The number of benzene rings is 1. The fourth-order valence-corrected chi connectivity index (χ4v) is 2.23. The number of carbonyl (C=O) groups excluding carboxylic acids is 1. The van der Waals surface area contributed by atoms with Crippen LogP contribution in [0.5, 0.6) is 0 Å². The minimum atomic E-state index is -0.143. The summed E-state index contributed by atoms with van der Waals surface area (Å²) < 4.78 is 0. The van der Waals surface area contributed by atoms with Crippen LogP contribution in [0.4, 0.5) is 5.69 Å². The highest BCUT2D eigenvalue weighted by Gasteiger charge is 2.21. The number of hydrogen-bond acceptors (Lipinski definition) is 2. The van der Waals surface area contributed by atoms with Gasteiger partial charge in [0.2, 0.25) is 5.91 Å². The molecule has 3 nitrogen and oxygen atoms in total. The standard InChI is InChI=1S/C14H20N2O/c1-12(15-13-8-4-2-5-9-13)14(17)16-10-6-3-7-11-16/h2,4-5,8-9,12,15H,3,6-7,10-11H2,1H3/t12-/m0/s1. The van der Waals surface area contributed by atoms with Crippen molar-refractivity contribution in [2.24, 2.45) is 0 Å². The van der Waals surface area contributed by atoms with Gasteiger partial charge in [-0.2, -0.15) is 0 Å². The van der Waals surface area contributed by atoms with Crippen molar-refractivity contribution >= 4 is 11.6 Å². The monoisotopic (exact) mass is 232 g/mol. The van der Waals surface area contributed by atoms with Gasteiger partial charge in [0.15, 0.2) is 0 Å². The zero-order valence-electron chi connectivity index (χ0n) is 10.4. The van der Waals surface area contributed by atoms with Crippen LogP contribution in [0.2, 0.25) is 0 Å². The number of amides is 1. The minimum absolute atomic E-state index is 0.143. The molecule has 1 amide bonds. The number of rotatable bonds is 3. The Morgan fingerprint density at radius 1 is 1.18 bits per heavy atom. The lowest BCUT2D eigenvalue weighted by Crippen LogP contribution is -2.43. The van der Waals surface area contributed by atoms with E-state index in [1.807, 2.05) is 42.2 Å². The minimum Gasteiger partial charge on any atom is -0.374 e. The summed E-state index contributed by atoms with van der Waals surface area (Å²) in [5.41, 5.74) is 1.00. The molecule has 1 N–H and O–H groups in total. The zero-order chi connectivity index (χ0) is 12.1. The molecule has 1 aliphatic rings. The summed E-state index contributed by atoms with van der Waals surface area (Å²) in [4.78, 5) is 14.1. The Labute approximate surface area is 103 Å². The Morgan fingerprint density at radius 3 is 2.47 bits per heavy atom. The second-order valence-electron chi connectivity index (χ2n) is 4.62. The van der Waals surface area contributed by atoms with E-state index in [4.69, 9.17) is 0 Å². The maximum absolute atomic E-state index is 12.2. The summed E-state index contributed by atoms with van der Waals surface area (Å²) in [7, 11) is 0. The van der Waals surface area contributed by atoms with Gasteiger partial charge in [0.05, 0.1) is 0 Å². The second kappa shape index (κ2) is 5.71. The summed E-state index contributed by atoms with van der Waals surface area (Å²) in [5, 5.41) is 3.25. The molecule has 1 aromatic rings. The fraction of sp³-hybridized carbons (Fsp3) is 0.500. The van der Waals surface area contributed by atoms with Crippen LogP contribution in [-0.2, 0) is 4.79 Å². The first-order valence-corrected chi connectivity index (χ1v) is 6.38. The molecule has 0 aromatic heterocycles. The number of anilines is 1. The smallest absolute Gasteiger partial charge is 0.244 e. The third kappa shape index (κ3) is 3.22. The first kappa shape index (κ1) is 12.0. The van der Waals surface area contributed by atoms with Crippen LogP contribution in [0.15, 0.2) is 30.3 Å². The molecular weight excluding hydrogens is 212 g/mol. The van der Waals surface area contributed by atoms with Gasteiger partial charge in [0.25, 0.3) is 0 Å². The fourth-order valence-electron chi connectivity index (χ4n) is 2.23. The molecule has 17 heavy (non-hydrogen) atoms. The maximum atomic E-state index is 12.2. The van der Waals surface area contributed by atoms with E-state index in [0.29, 0.717) is 0 Å². The summed E-state index contributed by atoms with van der Waals surface area (Å²) >= 11 is 0. The number of hydrogen-bond donors (Lipinski definition) is 1. The molecule has 0 aliphatic carbocycles. The van der Waals surface area contributed by atoms with E-state index in [1.54, 1.807) is 0 Å². The maximum Gasteiger partial charge on any atom is 0.244 e. The van der Waals surface area contributed by atoms with E-state index < -0.39 is 0 Å². The molecule has 3 heteroatoms. The van der Waals surface area contributed by atoms with Gasteiger partial charge in [-0.3, -0.25) is 4.79 Å². The average molecular weight is 232 g/mol. The molecule has 1 fully saturated rings. The average Bonchev–Trinajstić information content (AvgIpc) is 2.40. The third-order valence-electron chi connectivity index (χ3n) is 3.20. The van der Waals surface area contributed by atoms with E-state index in [9.17, 15) is 4.79 Å². The van der Waals surface area contributed by atoms with Crippen LogP contribution >= 0.6 is 0 Å². The lowest BCUT2D eigenvalue weighted by Gasteiger charge is -2.29. The van der Waals surface area contributed by atoms with Gasteiger partial charge >= 0.3 is 0 Å². The Hall–Kier alpha value is -1.51. The number of para-hydroxylation sites is 1. The van der Waals surface area contributed by atoms with Crippen molar-refractivity contribution in [1.82, 2.24) is 4.90 Å². The lowest BCUT2D eigenvalue weighted by molar-refractivity contribution is -0.132. The predicted octanol–water partition coefficient (Wildman–Crippen LogP) is 2.50. The number of piperidine rings is 1. The molecule has 1 aliphatic heterocycles. The van der Waals surface area contributed by atoms with Gasteiger partial charge in [0.1, 0.15) is 6.04 Å². The summed E-state index contributed by atoms with van der Waals surface area (Å²) in [6.07, 6.45) is 3.54. The first-order valence-electron chi connectivity index (χ1n) is 6.38. The lowest BCUT2D eigenvalue weighted by atomic mass is 10.1. The number of carbonyl (C=O) groups is 1. The molecule has 0 radical (unpaired) electrons. The molecule has 92 valence electrons. The molecular formula is C14H20N2O. The molecule has 1 aromatic carbocycles. The Balaban J connectivity index is 1.90. The third-order valence-corrected chi connectivity index (χ3v) is 3.20. The van der Waals surface area contributed by atoms with Crippen molar-refractivity contribution in [2.75, 3.05) is 18.4 Å². The molecule has 1 atom stereocenters. The molecule has 0 unspecified atom stereocenters. The zero-order valence-corrected chi connectivity index (χ0v) is 10.4. The van der Waals surface area contributed by atoms with Crippen LogP contribution in [0, 0.1) is 0 Å². The molecule has 1 saturated heterocycles. The Kier molecular flexibility index (Phi) is 4.02. The highest BCUT2D eigenvalue weighted by Crippen LogP contribution is 2.12. The van der Waals surface area contributed by atoms with Crippen molar-refractivity contribution < 1.29 is 4.79 Å². The van der Waals surface area contributed by atoms with E-state index >= 15 is 0 Å². The highest BCUT2D eigenvalue weighted by molar-refractivity contribution is 5.84. The van der Waals surface area contributed by atoms with Gasteiger partial charge in [-0.05, 0) is 38.3 Å². The summed E-state index contributed by atoms with van der Waals surface area (Å²) in [6, 6.07) is 9.75. The van der Waals surface area contributed by atoms with Gasteiger partial charge < -0.3 is 10.2 Å². The summed E-state index contributed by atoms with van der Waals surface area (Å²) in [6.45, 7) is 3.77. The summed E-state index contributed by atoms with van der Waals surface area (Å²) in [5.74, 6) is 0.216. The molecule has 0 saturated carbocycles. The topological polar surface area (TPSA) is 32.3 Å². The van der Waals surface area contributed by atoms with E-state index in [0.717, 1.165) is 31.6 Å². The molecule has 2 rings (SSSR count). The van der Waals surface area contributed by atoms with Crippen LogP contribution in [0.3, 0.4) is 0 Å². The van der Waals surface area contributed by atoms with Gasteiger partial charge in [-0.15, -0.1) is 0 Å². The van der Waals surface area contributed by atoms with E-state index in [2.05, 4.69) is 5.32 Å². The number of nitrogens with one attached hydrogen (secondary N) is 1. The van der Waals surface area contributed by atoms with Gasteiger partial charge in [0, 0.05) is 18.8 Å². The van der Waals surface area contributed by atoms with Crippen LogP contribution in [-0.4, -0.2) is 29.9 Å². The van der Waals surface area contributed by atoms with Crippen molar-refractivity contribution in [3.05, 3.63) is 30.3 Å². The Bertz CT molecular complexity index is 358.